The van der Waals surface area contributed by atoms with Crippen LogP contribution in [0.3, 0.4) is 0 Å². The fraction of sp³-hybridized carbons (Fsp3) is 0.750. The van der Waals surface area contributed by atoms with E-state index in [4.69, 9.17) is 4.74 Å². The van der Waals surface area contributed by atoms with Gasteiger partial charge in [0.25, 0.3) is 0 Å². The van der Waals surface area contributed by atoms with E-state index in [2.05, 4.69) is 9.84 Å². The van der Waals surface area contributed by atoms with Crippen molar-refractivity contribution in [2.75, 3.05) is 7.11 Å². The van der Waals surface area contributed by atoms with Crippen LogP contribution in [0.25, 0.3) is 0 Å². The quantitative estimate of drug-likeness (QED) is 0.610. The van der Waals surface area contributed by atoms with Crippen LogP contribution >= 0.6 is 0 Å². The van der Waals surface area contributed by atoms with Crippen molar-refractivity contribution < 1.29 is 24.5 Å². The Bertz CT molecular complexity index is 605. The SMILES string of the molecule is COC(=O)C(C)(O)c1cnn2c1CN(C(O)OC(C)(C)C)[C@@H](C)C2. The molecule has 0 bridgehead atoms. The average Bonchev–Trinajstić information content (AvgIpc) is 2.86. The van der Waals surface area contributed by atoms with Gasteiger partial charge < -0.3 is 19.7 Å². The maximum Gasteiger partial charge on any atom is 0.342 e. The van der Waals surface area contributed by atoms with Crippen LogP contribution in [0.1, 0.15) is 45.9 Å². The van der Waals surface area contributed by atoms with Crippen LogP contribution in [0.4, 0.5) is 0 Å². The monoisotopic (exact) mass is 341 g/mol. The van der Waals surface area contributed by atoms with Crippen LogP contribution in [0.15, 0.2) is 6.20 Å². The van der Waals surface area contributed by atoms with Crippen molar-refractivity contribution in [3.05, 3.63) is 17.5 Å². The highest BCUT2D eigenvalue weighted by molar-refractivity contribution is 5.80. The van der Waals surface area contributed by atoms with Crippen LogP contribution in [0.2, 0.25) is 0 Å². The van der Waals surface area contributed by atoms with Crippen molar-refractivity contribution in [3.8, 4) is 0 Å². The van der Waals surface area contributed by atoms with Gasteiger partial charge in [0.2, 0.25) is 6.41 Å². The molecule has 2 heterocycles. The number of hydrogen-bond donors (Lipinski definition) is 2. The first-order valence-corrected chi connectivity index (χ1v) is 7.95. The summed E-state index contributed by atoms with van der Waals surface area (Å²) in [6, 6.07) is -0.0225. The number of nitrogens with zero attached hydrogens (tertiary/aromatic N) is 3. The molecule has 2 unspecified atom stereocenters. The normalized spacial score (nSPS) is 22.6. The Morgan fingerprint density at radius 3 is 2.58 bits per heavy atom. The number of rotatable bonds is 4. The number of aliphatic hydroxyl groups is 2. The van der Waals surface area contributed by atoms with Crippen molar-refractivity contribution >= 4 is 5.97 Å². The van der Waals surface area contributed by atoms with Gasteiger partial charge in [-0.1, -0.05) is 0 Å². The summed E-state index contributed by atoms with van der Waals surface area (Å²) in [7, 11) is 1.22. The molecule has 24 heavy (non-hydrogen) atoms. The molecule has 0 aliphatic carbocycles. The summed E-state index contributed by atoms with van der Waals surface area (Å²) in [4.78, 5) is 13.7. The zero-order chi connectivity index (χ0) is 18.3. The summed E-state index contributed by atoms with van der Waals surface area (Å²) in [5, 5.41) is 25.2. The van der Waals surface area contributed by atoms with Crippen molar-refractivity contribution in [1.29, 1.82) is 0 Å². The Kier molecular flexibility index (Phi) is 5.06. The highest BCUT2D eigenvalue weighted by atomic mass is 16.6. The molecule has 0 amide bonds. The van der Waals surface area contributed by atoms with Crippen molar-refractivity contribution in [2.45, 2.75) is 71.4 Å². The lowest BCUT2D eigenvalue weighted by Crippen LogP contribution is -2.50. The number of aliphatic hydroxyl groups excluding tert-OH is 1. The summed E-state index contributed by atoms with van der Waals surface area (Å²) in [5.41, 5.74) is -1.28. The van der Waals surface area contributed by atoms with Crippen LogP contribution < -0.4 is 0 Å². The highest BCUT2D eigenvalue weighted by Crippen LogP contribution is 2.30. The van der Waals surface area contributed by atoms with Crippen LogP contribution in [-0.4, -0.2) is 56.0 Å². The van der Waals surface area contributed by atoms with Crippen molar-refractivity contribution in [3.63, 3.8) is 0 Å². The summed E-state index contributed by atoms with van der Waals surface area (Å²) in [5.74, 6) is -0.755. The molecule has 1 aliphatic rings. The molecule has 8 nitrogen and oxygen atoms in total. The van der Waals surface area contributed by atoms with E-state index in [1.807, 2.05) is 27.7 Å². The second-order valence-electron chi connectivity index (χ2n) is 7.33. The van der Waals surface area contributed by atoms with Gasteiger partial charge >= 0.3 is 5.97 Å². The smallest absolute Gasteiger partial charge is 0.342 e. The maximum absolute atomic E-state index is 11.9. The van der Waals surface area contributed by atoms with Gasteiger partial charge in [-0.15, -0.1) is 0 Å². The molecule has 2 N–H and O–H groups in total. The minimum absolute atomic E-state index is 0.0225. The van der Waals surface area contributed by atoms with E-state index >= 15 is 0 Å². The topological polar surface area (TPSA) is 97.0 Å². The predicted octanol–water partition coefficient (Wildman–Crippen LogP) is 0.559. The molecule has 0 aromatic carbocycles. The first kappa shape index (κ1) is 18.9. The largest absolute Gasteiger partial charge is 0.467 e. The lowest BCUT2D eigenvalue weighted by Gasteiger charge is -2.39. The van der Waals surface area contributed by atoms with E-state index in [0.29, 0.717) is 24.3 Å². The van der Waals surface area contributed by atoms with Crippen molar-refractivity contribution in [1.82, 2.24) is 14.7 Å². The molecular formula is C16H27N3O5. The van der Waals surface area contributed by atoms with Gasteiger partial charge in [0, 0.05) is 18.2 Å². The van der Waals surface area contributed by atoms with Gasteiger partial charge in [-0.25, -0.2) is 9.69 Å². The third kappa shape index (κ3) is 3.61. The number of aromatic nitrogens is 2. The lowest BCUT2D eigenvalue weighted by molar-refractivity contribution is -0.254. The molecule has 0 fully saturated rings. The number of carbonyl (C=O) groups excluding carboxylic acids is 1. The van der Waals surface area contributed by atoms with Crippen LogP contribution in [-0.2, 0) is 33.0 Å². The first-order chi connectivity index (χ1) is 11.0. The zero-order valence-corrected chi connectivity index (χ0v) is 15.1. The molecule has 1 aliphatic heterocycles. The van der Waals surface area contributed by atoms with Crippen LogP contribution in [0, 0.1) is 0 Å². The molecule has 0 spiro atoms. The van der Waals surface area contributed by atoms with Gasteiger partial charge in [-0.3, -0.25) is 4.68 Å². The summed E-state index contributed by atoms with van der Waals surface area (Å²) in [6.07, 6.45) is 0.374. The van der Waals surface area contributed by atoms with E-state index < -0.39 is 23.6 Å². The maximum atomic E-state index is 11.9. The second-order valence-corrected chi connectivity index (χ2v) is 7.33. The van der Waals surface area contributed by atoms with E-state index in [1.54, 1.807) is 9.58 Å². The van der Waals surface area contributed by atoms with Crippen LogP contribution in [0.5, 0.6) is 0 Å². The average molecular weight is 341 g/mol. The number of methoxy groups -OCH3 is 1. The number of esters is 1. The Balaban J connectivity index is 2.31. The molecule has 0 saturated heterocycles. The minimum atomic E-state index is -1.80. The molecule has 3 atom stereocenters. The Labute approximate surface area is 142 Å². The Morgan fingerprint density at radius 1 is 1.42 bits per heavy atom. The van der Waals surface area contributed by atoms with E-state index in [-0.39, 0.29) is 6.04 Å². The molecule has 2 rings (SSSR count). The van der Waals surface area contributed by atoms with Gasteiger partial charge in [0.15, 0.2) is 5.60 Å². The predicted molar refractivity (Wildman–Crippen MR) is 85.7 cm³/mol. The van der Waals surface area contributed by atoms with E-state index in [1.165, 1.54) is 20.2 Å². The summed E-state index contributed by atoms with van der Waals surface area (Å²) < 4.78 is 12.0. The van der Waals surface area contributed by atoms with E-state index in [9.17, 15) is 15.0 Å². The zero-order valence-electron chi connectivity index (χ0n) is 15.1. The molecule has 0 radical (unpaired) electrons. The van der Waals surface area contributed by atoms with Gasteiger partial charge in [-0.05, 0) is 34.6 Å². The molecular weight excluding hydrogens is 314 g/mol. The standard InChI is InChI=1S/C16H27N3O5/c1-10-8-19-12(9-18(10)14(21)24-15(2,3)4)11(7-17-19)16(5,22)13(20)23-6/h7,10,14,21-22H,8-9H2,1-6H3/t10-,14?,16?/m0/s1. The van der Waals surface area contributed by atoms with Gasteiger partial charge in [-0.2, -0.15) is 5.10 Å². The molecule has 0 saturated carbocycles. The van der Waals surface area contributed by atoms with Crippen molar-refractivity contribution in [2.24, 2.45) is 0 Å². The fourth-order valence-electron chi connectivity index (χ4n) is 2.81. The number of ether oxygens (including phenoxy) is 2. The molecule has 1 aromatic heterocycles. The lowest BCUT2D eigenvalue weighted by atomic mass is 9.95. The second kappa shape index (κ2) is 6.44. The molecule has 8 heteroatoms. The third-order valence-electron chi connectivity index (χ3n) is 4.13. The number of fused-ring (bicyclic) bond motifs is 1. The highest BCUT2D eigenvalue weighted by Gasteiger charge is 2.41. The Hall–Kier alpha value is -1.48. The molecule has 1 aromatic rings. The summed E-state index contributed by atoms with van der Waals surface area (Å²) >= 11 is 0. The number of hydrogen-bond acceptors (Lipinski definition) is 7. The van der Waals surface area contributed by atoms with E-state index in [0.717, 1.165) is 0 Å². The van der Waals surface area contributed by atoms with Gasteiger partial charge in [0.1, 0.15) is 0 Å². The number of carbonyl (C=O) groups is 1. The third-order valence-corrected chi connectivity index (χ3v) is 4.13. The minimum Gasteiger partial charge on any atom is -0.467 e. The fourth-order valence-corrected chi connectivity index (χ4v) is 2.81. The molecule has 136 valence electrons. The summed E-state index contributed by atoms with van der Waals surface area (Å²) in [6.45, 7) is 9.73. The Morgan fingerprint density at radius 2 is 2.04 bits per heavy atom. The van der Waals surface area contributed by atoms with Gasteiger partial charge in [0.05, 0.1) is 31.1 Å². The first-order valence-electron chi connectivity index (χ1n) is 7.95.